The van der Waals surface area contributed by atoms with E-state index in [2.05, 4.69) is 51.4 Å². The summed E-state index contributed by atoms with van der Waals surface area (Å²) >= 11 is 0. The molecule has 1 N–H and O–H groups in total. The number of aromatic nitrogens is 3. The lowest BCUT2D eigenvalue weighted by atomic mass is 10.2. The van der Waals surface area contributed by atoms with Crippen LogP contribution in [0, 0.1) is 6.92 Å². The summed E-state index contributed by atoms with van der Waals surface area (Å²) in [6.07, 6.45) is 1.79. The minimum absolute atomic E-state index is 0.606. The molecule has 0 saturated heterocycles. The molecule has 0 saturated carbocycles. The van der Waals surface area contributed by atoms with Crippen molar-refractivity contribution in [1.29, 1.82) is 0 Å². The molecule has 25 heavy (non-hydrogen) atoms. The molecule has 2 aromatic heterocycles. The van der Waals surface area contributed by atoms with Gasteiger partial charge in [0, 0.05) is 31.0 Å². The third-order valence-corrected chi connectivity index (χ3v) is 3.92. The van der Waals surface area contributed by atoms with Gasteiger partial charge < -0.3 is 10.2 Å². The van der Waals surface area contributed by atoms with Gasteiger partial charge in [-0.1, -0.05) is 36.4 Å². The molecule has 0 unspecified atom stereocenters. The molecule has 0 radical (unpaired) electrons. The molecule has 3 rings (SSSR count). The summed E-state index contributed by atoms with van der Waals surface area (Å²) in [6.45, 7) is 6.45. The van der Waals surface area contributed by atoms with Gasteiger partial charge in [-0.15, -0.1) is 0 Å². The maximum absolute atomic E-state index is 4.69. The molecule has 1 aromatic carbocycles. The maximum Gasteiger partial charge on any atom is 0.225 e. The van der Waals surface area contributed by atoms with E-state index in [0.29, 0.717) is 12.5 Å². The topological polar surface area (TPSA) is 53.9 Å². The molecule has 0 atom stereocenters. The van der Waals surface area contributed by atoms with E-state index in [1.807, 2.05) is 37.3 Å². The zero-order chi connectivity index (χ0) is 17.5. The van der Waals surface area contributed by atoms with E-state index in [4.69, 9.17) is 4.98 Å². The van der Waals surface area contributed by atoms with Crippen LogP contribution in [0.15, 0.2) is 60.8 Å². The first-order chi connectivity index (χ1) is 12.2. The van der Waals surface area contributed by atoms with E-state index in [1.165, 1.54) is 5.56 Å². The molecule has 0 fully saturated rings. The van der Waals surface area contributed by atoms with Crippen molar-refractivity contribution in [3.05, 3.63) is 77.7 Å². The fraction of sp³-hybridized carbons (Fsp3) is 0.250. The molecule has 0 aliphatic carbocycles. The zero-order valence-electron chi connectivity index (χ0n) is 14.7. The molecule has 3 aromatic rings. The summed E-state index contributed by atoms with van der Waals surface area (Å²) in [7, 11) is 0. The molecule has 5 heteroatoms. The highest BCUT2D eigenvalue weighted by Crippen LogP contribution is 2.18. The number of rotatable bonds is 7. The number of benzene rings is 1. The standard InChI is InChI=1S/C20H23N5/c1-3-25(15-17-9-5-4-6-10-17)19-13-16(2)23-20(24-19)22-14-18-11-7-8-12-21-18/h4-13H,3,14-15H2,1-2H3,(H,22,23,24). The summed E-state index contributed by atoms with van der Waals surface area (Å²) in [4.78, 5) is 15.8. The number of hydrogen-bond donors (Lipinski definition) is 1. The lowest BCUT2D eigenvalue weighted by Crippen LogP contribution is -2.24. The lowest BCUT2D eigenvalue weighted by Gasteiger charge is -2.23. The number of hydrogen-bond acceptors (Lipinski definition) is 5. The molecule has 0 aliphatic rings. The highest BCUT2D eigenvalue weighted by molar-refractivity contribution is 5.45. The number of aryl methyl sites for hydroxylation is 1. The van der Waals surface area contributed by atoms with Crippen molar-refractivity contribution in [3.63, 3.8) is 0 Å². The Bertz CT molecular complexity index is 790. The Balaban J connectivity index is 1.75. The maximum atomic E-state index is 4.69. The van der Waals surface area contributed by atoms with Crippen LogP contribution in [-0.4, -0.2) is 21.5 Å². The minimum Gasteiger partial charge on any atom is -0.352 e. The van der Waals surface area contributed by atoms with Crippen molar-refractivity contribution in [1.82, 2.24) is 15.0 Å². The van der Waals surface area contributed by atoms with Gasteiger partial charge in [0.15, 0.2) is 0 Å². The van der Waals surface area contributed by atoms with Crippen LogP contribution in [0.5, 0.6) is 0 Å². The van der Waals surface area contributed by atoms with Gasteiger partial charge in [0.1, 0.15) is 5.82 Å². The SMILES string of the molecule is CCN(Cc1ccccc1)c1cc(C)nc(NCc2ccccn2)n1. The van der Waals surface area contributed by atoms with Gasteiger partial charge in [-0.3, -0.25) is 4.98 Å². The van der Waals surface area contributed by atoms with Crippen molar-refractivity contribution < 1.29 is 0 Å². The van der Waals surface area contributed by atoms with Crippen molar-refractivity contribution in [2.45, 2.75) is 26.9 Å². The average molecular weight is 333 g/mol. The molecule has 0 bridgehead atoms. The van der Waals surface area contributed by atoms with Crippen molar-refractivity contribution in [3.8, 4) is 0 Å². The molecule has 2 heterocycles. The number of pyridine rings is 1. The smallest absolute Gasteiger partial charge is 0.225 e. The van der Waals surface area contributed by atoms with Crippen LogP contribution in [0.3, 0.4) is 0 Å². The van der Waals surface area contributed by atoms with E-state index >= 15 is 0 Å². The molecular formula is C20H23N5. The second-order valence-electron chi connectivity index (χ2n) is 5.87. The fourth-order valence-corrected chi connectivity index (χ4v) is 2.62. The van der Waals surface area contributed by atoms with Crippen molar-refractivity contribution >= 4 is 11.8 Å². The normalized spacial score (nSPS) is 10.5. The van der Waals surface area contributed by atoms with Crippen LogP contribution in [0.1, 0.15) is 23.9 Å². The first kappa shape index (κ1) is 16.9. The fourth-order valence-electron chi connectivity index (χ4n) is 2.62. The second kappa shape index (κ2) is 8.24. The Labute approximate surface area is 148 Å². The van der Waals surface area contributed by atoms with E-state index in [-0.39, 0.29) is 0 Å². The van der Waals surface area contributed by atoms with Crippen LogP contribution in [-0.2, 0) is 13.1 Å². The predicted molar refractivity (Wildman–Crippen MR) is 101 cm³/mol. The zero-order valence-corrected chi connectivity index (χ0v) is 14.7. The van der Waals surface area contributed by atoms with Crippen LogP contribution in [0.4, 0.5) is 11.8 Å². The summed E-state index contributed by atoms with van der Waals surface area (Å²) in [5, 5.41) is 3.27. The highest BCUT2D eigenvalue weighted by atomic mass is 15.2. The minimum atomic E-state index is 0.606. The van der Waals surface area contributed by atoms with Gasteiger partial charge in [0.2, 0.25) is 5.95 Å². The molecule has 0 spiro atoms. The van der Waals surface area contributed by atoms with E-state index < -0.39 is 0 Å². The summed E-state index contributed by atoms with van der Waals surface area (Å²) in [6, 6.07) is 18.3. The quantitative estimate of drug-likeness (QED) is 0.712. The molecule has 0 aliphatic heterocycles. The molecular weight excluding hydrogens is 310 g/mol. The third kappa shape index (κ3) is 4.76. The van der Waals surface area contributed by atoms with E-state index in [0.717, 1.165) is 30.3 Å². The first-order valence-corrected chi connectivity index (χ1v) is 8.53. The van der Waals surface area contributed by atoms with Crippen LogP contribution in [0.25, 0.3) is 0 Å². The summed E-state index contributed by atoms with van der Waals surface area (Å²) < 4.78 is 0. The highest BCUT2D eigenvalue weighted by Gasteiger charge is 2.10. The third-order valence-electron chi connectivity index (χ3n) is 3.92. The monoisotopic (exact) mass is 333 g/mol. The van der Waals surface area contributed by atoms with Gasteiger partial charge >= 0.3 is 0 Å². The van der Waals surface area contributed by atoms with Gasteiger partial charge in [0.05, 0.1) is 12.2 Å². The average Bonchev–Trinajstić information content (AvgIpc) is 2.66. The van der Waals surface area contributed by atoms with Crippen LogP contribution in [0.2, 0.25) is 0 Å². The van der Waals surface area contributed by atoms with Gasteiger partial charge in [-0.05, 0) is 31.5 Å². The Kier molecular flexibility index (Phi) is 5.57. The predicted octanol–water partition coefficient (Wildman–Crippen LogP) is 3.82. The Morgan fingerprint density at radius 2 is 1.80 bits per heavy atom. The summed E-state index contributed by atoms with van der Waals surface area (Å²) in [5.41, 5.74) is 3.18. The molecule has 5 nitrogen and oxygen atoms in total. The van der Waals surface area contributed by atoms with Gasteiger partial charge in [-0.25, -0.2) is 4.98 Å². The largest absolute Gasteiger partial charge is 0.352 e. The molecule has 0 amide bonds. The lowest BCUT2D eigenvalue weighted by molar-refractivity contribution is 0.807. The van der Waals surface area contributed by atoms with Crippen molar-refractivity contribution in [2.24, 2.45) is 0 Å². The summed E-state index contributed by atoms with van der Waals surface area (Å²) in [5.74, 6) is 1.56. The first-order valence-electron chi connectivity index (χ1n) is 8.53. The van der Waals surface area contributed by atoms with E-state index in [9.17, 15) is 0 Å². The van der Waals surface area contributed by atoms with Gasteiger partial charge in [-0.2, -0.15) is 4.98 Å². The second-order valence-corrected chi connectivity index (χ2v) is 5.87. The van der Waals surface area contributed by atoms with Crippen LogP contribution < -0.4 is 10.2 Å². The van der Waals surface area contributed by atoms with Gasteiger partial charge in [0.25, 0.3) is 0 Å². The number of nitrogens with zero attached hydrogens (tertiary/aromatic N) is 4. The van der Waals surface area contributed by atoms with Crippen molar-refractivity contribution in [2.75, 3.05) is 16.8 Å². The Morgan fingerprint density at radius 1 is 1.00 bits per heavy atom. The number of nitrogens with one attached hydrogen (secondary N) is 1. The molecule has 128 valence electrons. The van der Waals surface area contributed by atoms with Crippen LogP contribution >= 0.6 is 0 Å². The Hall–Kier alpha value is -2.95. The Morgan fingerprint density at radius 3 is 2.52 bits per heavy atom. The number of anilines is 2. The van der Waals surface area contributed by atoms with E-state index in [1.54, 1.807) is 6.20 Å².